The smallest absolute Gasteiger partial charge is 0.410 e. The van der Waals surface area contributed by atoms with E-state index in [1.165, 1.54) is 4.90 Å². The third kappa shape index (κ3) is 3.80. The van der Waals surface area contributed by atoms with Crippen molar-refractivity contribution in [1.82, 2.24) is 4.90 Å². The van der Waals surface area contributed by atoms with Gasteiger partial charge in [-0.1, -0.05) is 36.4 Å². The Morgan fingerprint density at radius 2 is 1.78 bits per heavy atom. The molecular formula is C28H27N5O3. The van der Waals surface area contributed by atoms with Gasteiger partial charge in [-0.05, 0) is 43.4 Å². The van der Waals surface area contributed by atoms with Gasteiger partial charge in [0.1, 0.15) is 17.4 Å². The number of ether oxygens (including phenoxy) is 2. The first-order valence-corrected chi connectivity index (χ1v) is 11.6. The second-order valence-electron chi connectivity index (χ2n) is 9.96. The summed E-state index contributed by atoms with van der Waals surface area (Å²) in [4.78, 5) is 14.5. The summed E-state index contributed by atoms with van der Waals surface area (Å²) in [6, 6.07) is 17.6. The van der Waals surface area contributed by atoms with Crippen LogP contribution in [0.25, 0.3) is 10.8 Å². The van der Waals surface area contributed by atoms with Crippen LogP contribution in [0.5, 0.6) is 5.75 Å². The van der Waals surface area contributed by atoms with Crippen molar-refractivity contribution < 1.29 is 14.3 Å². The van der Waals surface area contributed by atoms with Crippen molar-refractivity contribution in [2.45, 2.75) is 32.3 Å². The van der Waals surface area contributed by atoms with Crippen molar-refractivity contribution in [1.29, 1.82) is 15.8 Å². The normalized spacial score (nSPS) is 20.9. The quantitative estimate of drug-likeness (QED) is 0.666. The number of nitrogens with two attached hydrogens (primary N) is 1. The molecule has 1 aliphatic heterocycles. The van der Waals surface area contributed by atoms with Gasteiger partial charge in [0.05, 0.1) is 30.5 Å². The number of nitrogens with zero attached hydrogens (tertiary/aromatic N) is 4. The summed E-state index contributed by atoms with van der Waals surface area (Å²) < 4.78 is 11.1. The number of carbonyl (C=O) groups is 1. The molecule has 4 rings (SSSR count). The number of carbonyl (C=O) groups excluding carboxylic acids is 1. The van der Waals surface area contributed by atoms with Gasteiger partial charge in [0.25, 0.3) is 0 Å². The van der Waals surface area contributed by atoms with Gasteiger partial charge < -0.3 is 20.1 Å². The van der Waals surface area contributed by atoms with Gasteiger partial charge in [-0.15, -0.1) is 0 Å². The van der Waals surface area contributed by atoms with Crippen molar-refractivity contribution in [3.63, 3.8) is 0 Å². The van der Waals surface area contributed by atoms with Gasteiger partial charge in [0, 0.05) is 30.3 Å². The Balaban J connectivity index is 1.98. The van der Waals surface area contributed by atoms with Gasteiger partial charge in [0.2, 0.25) is 0 Å². The van der Waals surface area contributed by atoms with E-state index in [1.807, 2.05) is 30.3 Å². The molecule has 182 valence electrons. The number of amides is 1. The fourth-order valence-corrected chi connectivity index (χ4v) is 5.24. The number of hydrogen-bond donors (Lipinski definition) is 1. The molecule has 2 aromatic rings. The van der Waals surface area contributed by atoms with Gasteiger partial charge in [0.15, 0.2) is 5.41 Å². The molecule has 0 fully saturated rings. The van der Waals surface area contributed by atoms with Crippen LogP contribution in [0.2, 0.25) is 0 Å². The zero-order chi connectivity index (χ0) is 26.3. The number of fused-ring (bicyclic) bond motifs is 2. The number of rotatable bonds is 2. The van der Waals surface area contributed by atoms with E-state index in [9.17, 15) is 20.6 Å². The van der Waals surface area contributed by atoms with Gasteiger partial charge in [-0.25, -0.2) is 4.79 Å². The highest BCUT2D eigenvalue weighted by Gasteiger charge is 2.55. The molecule has 8 nitrogen and oxygen atoms in total. The van der Waals surface area contributed by atoms with Crippen molar-refractivity contribution in [3.05, 3.63) is 64.9 Å². The Labute approximate surface area is 210 Å². The molecule has 2 aliphatic rings. The van der Waals surface area contributed by atoms with Crippen LogP contribution < -0.4 is 10.5 Å². The van der Waals surface area contributed by atoms with E-state index in [0.29, 0.717) is 11.3 Å². The van der Waals surface area contributed by atoms with Gasteiger partial charge in [-0.2, -0.15) is 15.8 Å². The highest BCUT2D eigenvalue weighted by atomic mass is 16.6. The van der Waals surface area contributed by atoms with Crippen molar-refractivity contribution in [2.24, 2.45) is 17.1 Å². The van der Waals surface area contributed by atoms with Crippen LogP contribution in [-0.2, 0) is 4.74 Å². The molecule has 0 radical (unpaired) electrons. The fraction of sp³-hybridized carbons (Fsp3) is 0.357. The number of nitriles is 3. The second kappa shape index (κ2) is 8.95. The Bertz CT molecular complexity index is 1410. The molecule has 0 bridgehead atoms. The molecule has 1 heterocycles. The minimum absolute atomic E-state index is 0.0619. The maximum absolute atomic E-state index is 13.0. The predicted octanol–water partition coefficient (Wildman–Crippen LogP) is 4.51. The monoisotopic (exact) mass is 481 g/mol. The highest BCUT2D eigenvalue weighted by molar-refractivity contribution is 5.92. The molecule has 36 heavy (non-hydrogen) atoms. The predicted molar refractivity (Wildman–Crippen MR) is 133 cm³/mol. The Morgan fingerprint density at radius 1 is 1.11 bits per heavy atom. The summed E-state index contributed by atoms with van der Waals surface area (Å²) in [6.45, 7) is 5.75. The highest BCUT2D eigenvalue weighted by Crippen LogP contribution is 2.55. The van der Waals surface area contributed by atoms with E-state index in [4.69, 9.17) is 15.2 Å². The molecule has 0 aromatic heterocycles. The maximum Gasteiger partial charge on any atom is 0.410 e. The molecule has 1 amide bonds. The Morgan fingerprint density at radius 3 is 2.36 bits per heavy atom. The first-order valence-electron chi connectivity index (χ1n) is 11.6. The summed E-state index contributed by atoms with van der Waals surface area (Å²) in [5.74, 6) is -0.637. The second-order valence-corrected chi connectivity index (χ2v) is 9.96. The molecule has 1 aliphatic carbocycles. The number of allylic oxidation sites excluding steroid dienone is 2. The van der Waals surface area contributed by atoms with Crippen LogP contribution >= 0.6 is 0 Å². The van der Waals surface area contributed by atoms with E-state index < -0.39 is 28.9 Å². The lowest BCUT2D eigenvalue weighted by Gasteiger charge is -2.45. The van der Waals surface area contributed by atoms with Crippen LogP contribution in [0.4, 0.5) is 4.79 Å². The molecule has 2 N–H and O–H groups in total. The zero-order valence-corrected chi connectivity index (χ0v) is 20.7. The lowest BCUT2D eigenvalue weighted by molar-refractivity contribution is 0.0225. The number of hydrogen-bond acceptors (Lipinski definition) is 7. The van der Waals surface area contributed by atoms with Crippen LogP contribution in [0.1, 0.15) is 32.3 Å². The van der Waals surface area contributed by atoms with Gasteiger partial charge in [-0.3, -0.25) is 0 Å². The average molecular weight is 482 g/mol. The first kappa shape index (κ1) is 24.6. The van der Waals surface area contributed by atoms with E-state index in [-0.39, 0.29) is 24.4 Å². The third-order valence-corrected chi connectivity index (χ3v) is 6.79. The average Bonchev–Trinajstić information content (AvgIpc) is 2.86. The van der Waals surface area contributed by atoms with Crippen molar-refractivity contribution in [2.75, 3.05) is 20.2 Å². The van der Waals surface area contributed by atoms with Crippen molar-refractivity contribution in [3.8, 4) is 24.0 Å². The zero-order valence-electron chi connectivity index (χ0n) is 20.7. The van der Waals surface area contributed by atoms with Crippen LogP contribution in [0.3, 0.4) is 0 Å². The van der Waals surface area contributed by atoms with E-state index in [1.54, 1.807) is 40.0 Å². The number of methoxy groups -OCH3 is 1. The third-order valence-electron chi connectivity index (χ3n) is 6.79. The maximum atomic E-state index is 13.0. The van der Waals surface area contributed by atoms with Crippen LogP contribution in [0.15, 0.2) is 59.3 Å². The summed E-state index contributed by atoms with van der Waals surface area (Å²) in [7, 11) is 1.58. The van der Waals surface area contributed by atoms with E-state index >= 15 is 0 Å². The molecule has 0 spiro atoms. The summed E-state index contributed by atoms with van der Waals surface area (Å²) >= 11 is 0. The topological polar surface area (TPSA) is 136 Å². The summed E-state index contributed by atoms with van der Waals surface area (Å²) in [5.41, 5.74) is 5.36. The molecule has 0 saturated heterocycles. The minimum Gasteiger partial charge on any atom is -0.496 e. The lowest BCUT2D eigenvalue weighted by atomic mass is 9.57. The molecule has 8 heteroatoms. The van der Waals surface area contributed by atoms with Crippen molar-refractivity contribution >= 4 is 16.9 Å². The molecule has 2 atom stereocenters. The molecule has 0 unspecified atom stereocenters. The largest absolute Gasteiger partial charge is 0.496 e. The van der Waals surface area contributed by atoms with Crippen LogP contribution in [0, 0.1) is 45.3 Å². The molecule has 0 saturated carbocycles. The molecule has 2 aromatic carbocycles. The van der Waals surface area contributed by atoms with E-state index in [0.717, 1.165) is 16.3 Å². The van der Waals surface area contributed by atoms with Gasteiger partial charge >= 0.3 is 6.09 Å². The first-order chi connectivity index (χ1) is 17.1. The minimum atomic E-state index is -1.82. The fourth-order valence-electron chi connectivity index (χ4n) is 5.24. The Kier molecular flexibility index (Phi) is 6.12. The lowest BCUT2D eigenvalue weighted by Crippen LogP contribution is -2.50. The number of benzene rings is 2. The standard InChI is InChI=1S/C28H27N5O3/c1-27(2,3)36-26(34)33-12-11-18-21(13-29)25(32)28(15-30,16-31)24(22(18)14-33)20-9-10-23(35-4)19-8-6-5-7-17(19)20/h5-11,22,24H,12,14,32H2,1-4H3/t22-,24+/m0/s1. The Hall–Kier alpha value is -4.48. The van der Waals surface area contributed by atoms with Crippen LogP contribution in [-0.4, -0.2) is 36.8 Å². The van der Waals surface area contributed by atoms with E-state index in [2.05, 4.69) is 18.2 Å². The molecular weight excluding hydrogens is 454 g/mol. The SMILES string of the molecule is COc1ccc([C@@H]2[C@H]3CN(C(=O)OC(C)(C)C)CC=C3C(C#N)=C(N)C2(C#N)C#N)c2ccccc12. The summed E-state index contributed by atoms with van der Waals surface area (Å²) in [6.07, 6.45) is 1.28. The summed E-state index contributed by atoms with van der Waals surface area (Å²) in [5, 5.41) is 32.4.